The molecule has 0 radical (unpaired) electrons. The van der Waals surface area contributed by atoms with Crippen molar-refractivity contribution in [3.05, 3.63) is 92.4 Å². The van der Waals surface area contributed by atoms with Crippen LogP contribution in [0.25, 0.3) is 0 Å². The van der Waals surface area contributed by atoms with Gasteiger partial charge in [0.2, 0.25) is 0 Å². The molecule has 0 heterocycles. The molecule has 3 rings (SSSR count). The number of ether oxygens (including phenoxy) is 2. The molecule has 0 spiro atoms. The van der Waals surface area contributed by atoms with E-state index in [9.17, 15) is 9.59 Å². The summed E-state index contributed by atoms with van der Waals surface area (Å²) in [6, 6.07) is 18.6. The summed E-state index contributed by atoms with van der Waals surface area (Å²) >= 11 is 6.70. The van der Waals surface area contributed by atoms with Gasteiger partial charge in [-0.3, -0.25) is 4.79 Å². The predicted octanol–water partition coefficient (Wildman–Crippen LogP) is 5.20. The number of hydrogen-bond donors (Lipinski definition) is 1. The third-order valence-corrected chi connectivity index (χ3v) is 5.00. The summed E-state index contributed by atoms with van der Waals surface area (Å²) < 4.78 is 12.2. The number of rotatable bonds is 6. The van der Waals surface area contributed by atoms with Crippen LogP contribution in [-0.4, -0.2) is 25.2 Å². The Labute approximate surface area is 190 Å². The fourth-order valence-corrected chi connectivity index (χ4v) is 3.07. The molecule has 0 aliphatic carbocycles. The fraction of sp³-hybridized carbons (Fsp3) is 0.0455. The van der Waals surface area contributed by atoms with Crippen LogP contribution in [-0.2, 0) is 0 Å². The molecular weight excluding hydrogens is 516 g/mol. The largest absolute Gasteiger partial charge is 0.497 e. The summed E-state index contributed by atoms with van der Waals surface area (Å²) in [6.45, 7) is 0. The van der Waals surface area contributed by atoms with Crippen LogP contribution in [0.4, 0.5) is 0 Å². The molecule has 0 saturated heterocycles. The van der Waals surface area contributed by atoms with E-state index < -0.39 is 5.97 Å². The summed E-state index contributed by atoms with van der Waals surface area (Å²) in [5, 5.41) is 3.98. The number of methoxy groups -OCH3 is 1. The van der Waals surface area contributed by atoms with Crippen LogP contribution in [0.3, 0.4) is 0 Å². The first-order chi connectivity index (χ1) is 14.5. The number of carbonyl (C=O) groups excluding carboxylic acids is 2. The van der Waals surface area contributed by atoms with E-state index in [0.29, 0.717) is 28.2 Å². The summed E-state index contributed by atoms with van der Waals surface area (Å²) in [6.07, 6.45) is 1.41. The van der Waals surface area contributed by atoms with E-state index in [4.69, 9.17) is 9.47 Å². The normalized spacial score (nSPS) is 10.6. The van der Waals surface area contributed by atoms with Crippen LogP contribution in [0.2, 0.25) is 0 Å². The van der Waals surface area contributed by atoms with Crippen LogP contribution in [0.15, 0.2) is 80.8 Å². The lowest BCUT2D eigenvalue weighted by atomic mass is 10.2. The Hall–Kier alpha value is -2.97. The van der Waals surface area contributed by atoms with Gasteiger partial charge >= 0.3 is 5.97 Å². The van der Waals surface area contributed by atoms with Gasteiger partial charge in [0.05, 0.1) is 18.9 Å². The summed E-state index contributed by atoms with van der Waals surface area (Å²) in [5.74, 6) is 0.0734. The van der Waals surface area contributed by atoms with E-state index in [2.05, 4.69) is 42.4 Å². The van der Waals surface area contributed by atoms with Crippen molar-refractivity contribution >= 4 is 50.0 Å². The molecule has 0 saturated carbocycles. The highest BCUT2D eigenvalue weighted by atomic mass is 79.9. The van der Waals surface area contributed by atoms with Crippen molar-refractivity contribution in [3.63, 3.8) is 0 Å². The molecule has 1 amide bonds. The zero-order valence-electron chi connectivity index (χ0n) is 15.8. The minimum absolute atomic E-state index is 0.306. The van der Waals surface area contributed by atoms with E-state index in [0.717, 1.165) is 8.95 Å². The zero-order valence-corrected chi connectivity index (χ0v) is 18.9. The van der Waals surface area contributed by atoms with E-state index >= 15 is 0 Å². The second-order valence-corrected chi connectivity index (χ2v) is 7.84. The van der Waals surface area contributed by atoms with Crippen molar-refractivity contribution < 1.29 is 19.1 Å². The Morgan fingerprint density at radius 2 is 1.53 bits per heavy atom. The highest BCUT2D eigenvalue weighted by molar-refractivity contribution is 9.10. The Kier molecular flexibility index (Phi) is 7.37. The van der Waals surface area contributed by atoms with E-state index in [1.54, 1.807) is 73.8 Å². The maximum absolute atomic E-state index is 12.5. The minimum Gasteiger partial charge on any atom is -0.497 e. The van der Waals surface area contributed by atoms with Crippen molar-refractivity contribution in [1.82, 2.24) is 5.43 Å². The number of amides is 1. The Morgan fingerprint density at radius 3 is 2.20 bits per heavy atom. The lowest BCUT2D eigenvalue weighted by Gasteiger charge is -2.08. The standard InChI is InChI=1S/C22H16Br2N2O4/c1-29-19-9-4-15(5-10-19)22(28)30-20-11-8-18(24)12-16(20)13-25-26-21(27)14-2-6-17(23)7-3-14/h2-13H,1H3,(H,26,27)/b25-13+. The zero-order chi connectivity index (χ0) is 21.5. The third kappa shape index (κ3) is 5.77. The van der Waals surface area contributed by atoms with Crippen molar-refractivity contribution in [2.75, 3.05) is 7.11 Å². The number of halogens is 2. The second-order valence-electron chi connectivity index (χ2n) is 6.01. The van der Waals surface area contributed by atoms with Crippen molar-refractivity contribution in [3.8, 4) is 11.5 Å². The van der Waals surface area contributed by atoms with Gasteiger partial charge < -0.3 is 9.47 Å². The van der Waals surface area contributed by atoms with E-state index in [1.807, 2.05) is 0 Å². The number of nitrogens with zero attached hydrogens (tertiary/aromatic N) is 1. The van der Waals surface area contributed by atoms with Crippen LogP contribution in [0.1, 0.15) is 26.3 Å². The van der Waals surface area contributed by atoms with E-state index in [-0.39, 0.29) is 5.91 Å². The van der Waals surface area contributed by atoms with Gasteiger partial charge in [-0.2, -0.15) is 5.10 Å². The number of hydrazone groups is 1. The first-order valence-electron chi connectivity index (χ1n) is 8.71. The molecule has 0 bridgehead atoms. The molecule has 3 aromatic carbocycles. The molecular formula is C22H16Br2N2O4. The van der Waals surface area contributed by atoms with Crippen molar-refractivity contribution in [2.45, 2.75) is 0 Å². The molecule has 0 fully saturated rings. The molecule has 0 aromatic heterocycles. The molecule has 152 valence electrons. The summed E-state index contributed by atoms with van der Waals surface area (Å²) in [4.78, 5) is 24.6. The van der Waals surface area contributed by atoms with Gasteiger partial charge in [-0.05, 0) is 66.7 Å². The summed E-state index contributed by atoms with van der Waals surface area (Å²) in [5.41, 5.74) is 3.82. The Bertz CT molecular complexity index is 1080. The molecule has 0 atom stereocenters. The van der Waals surface area contributed by atoms with Gasteiger partial charge in [0, 0.05) is 20.1 Å². The van der Waals surface area contributed by atoms with Crippen LogP contribution < -0.4 is 14.9 Å². The molecule has 30 heavy (non-hydrogen) atoms. The number of hydrogen-bond acceptors (Lipinski definition) is 5. The molecule has 0 aliphatic heterocycles. The molecule has 8 heteroatoms. The van der Waals surface area contributed by atoms with Gasteiger partial charge in [-0.15, -0.1) is 0 Å². The lowest BCUT2D eigenvalue weighted by Crippen LogP contribution is -2.17. The fourth-order valence-electron chi connectivity index (χ4n) is 2.43. The molecule has 0 unspecified atom stereocenters. The monoisotopic (exact) mass is 530 g/mol. The maximum atomic E-state index is 12.5. The smallest absolute Gasteiger partial charge is 0.343 e. The highest BCUT2D eigenvalue weighted by Crippen LogP contribution is 2.23. The average molecular weight is 532 g/mol. The molecule has 3 aromatic rings. The van der Waals surface area contributed by atoms with Crippen LogP contribution in [0.5, 0.6) is 11.5 Å². The first-order valence-corrected chi connectivity index (χ1v) is 10.3. The Balaban J connectivity index is 1.72. The SMILES string of the molecule is COc1ccc(C(=O)Oc2ccc(Br)cc2/C=N/NC(=O)c2ccc(Br)cc2)cc1. The topological polar surface area (TPSA) is 77.0 Å². The third-order valence-electron chi connectivity index (χ3n) is 3.98. The molecule has 6 nitrogen and oxygen atoms in total. The molecule has 1 N–H and O–H groups in total. The number of nitrogens with one attached hydrogen (secondary N) is 1. The number of esters is 1. The van der Waals surface area contributed by atoms with Crippen LogP contribution in [0, 0.1) is 0 Å². The van der Waals surface area contributed by atoms with Gasteiger partial charge in [0.25, 0.3) is 5.91 Å². The number of benzene rings is 3. The van der Waals surface area contributed by atoms with Gasteiger partial charge in [0.15, 0.2) is 0 Å². The van der Waals surface area contributed by atoms with Gasteiger partial charge in [-0.1, -0.05) is 31.9 Å². The Morgan fingerprint density at radius 1 is 0.900 bits per heavy atom. The molecule has 0 aliphatic rings. The average Bonchev–Trinajstić information content (AvgIpc) is 2.76. The van der Waals surface area contributed by atoms with Gasteiger partial charge in [0.1, 0.15) is 11.5 Å². The number of carbonyl (C=O) groups is 2. The maximum Gasteiger partial charge on any atom is 0.343 e. The quantitative estimate of drug-likeness (QED) is 0.205. The summed E-state index contributed by atoms with van der Waals surface area (Å²) in [7, 11) is 1.55. The highest BCUT2D eigenvalue weighted by Gasteiger charge is 2.12. The minimum atomic E-state index is -0.520. The van der Waals surface area contributed by atoms with Crippen LogP contribution >= 0.6 is 31.9 Å². The van der Waals surface area contributed by atoms with Crippen molar-refractivity contribution in [2.24, 2.45) is 5.10 Å². The van der Waals surface area contributed by atoms with E-state index in [1.165, 1.54) is 6.21 Å². The first kappa shape index (κ1) is 21.7. The van der Waals surface area contributed by atoms with Crippen molar-refractivity contribution in [1.29, 1.82) is 0 Å². The lowest BCUT2D eigenvalue weighted by molar-refractivity contribution is 0.0734. The second kappa shape index (κ2) is 10.2. The predicted molar refractivity (Wildman–Crippen MR) is 121 cm³/mol. The van der Waals surface area contributed by atoms with Gasteiger partial charge in [-0.25, -0.2) is 10.2 Å².